The van der Waals surface area contributed by atoms with Crippen molar-refractivity contribution in [1.29, 1.82) is 0 Å². The summed E-state index contributed by atoms with van der Waals surface area (Å²) < 4.78 is 5.80. The van der Waals surface area contributed by atoms with Crippen LogP contribution in [0.3, 0.4) is 0 Å². The molecular formula is C14H16N2O. The van der Waals surface area contributed by atoms with E-state index >= 15 is 0 Å². The first-order chi connectivity index (χ1) is 8.31. The highest BCUT2D eigenvalue weighted by atomic mass is 16.5. The van der Waals surface area contributed by atoms with Crippen LogP contribution in [0.2, 0.25) is 0 Å². The van der Waals surface area contributed by atoms with Gasteiger partial charge < -0.3 is 16.2 Å². The molecule has 3 nitrogen and oxygen atoms in total. The lowest BCUT2D eigenvalue weighted by Gasteiger charge is -2.15. The number of benzene rings is 2. The average molecular weight is 228 g/mol. The van der Waals surface area contributed by atoms with Crippen molar-refractivity contribution in [2.24, 2.45) is 11.5 Å². The van der Waals surface area contributed by atoms with Crippen molar-refractivity contribution >= 4 is 0 Å². The van der Waals surface area contributed by atoms with Crippen LogP contribution in [-0.4, -0.2) is 6.54 Å². The molecule has 0 saturated carbocycles. The Balaban J connectivity index is 2.27. The monoisotopic (exact) mass is 228 g/mol. The molecule has 0 aliphatic carbocycles. The van der Waals surface area contributed by atoms with Crippen molar-refractivity contribution in [3.63, 3.8) is 0 Å². The molecule has 0 aromatic heterocycles. The molecule has 2 aromatic rings. The molecule has 2 rings (SSSR count). The highest BCUT2D eigenvalue weighted by molar-refractivity contribution is 5.39. The largest absolute Gasteiger partial charge is 0.457 e. The van der Waals surface area contributed by atoms with E-state index in [0.717, 1.165) is 17.1 Å². The Kier molecular flexibility index (Phi) is 3.75. The van der Waals surface area contributed by atoms with Gasteiger partial charge in [0.2, 0.25) is 0 Å². The van der Waals surface area contributed by atoms with Crippen LogP contribution >= 0.6 is 0 Å². The standard InChI is InChI=1S/C14H16N2O/c15-10-13(16)12-8-4-5-9-14(12)17-11-6-2-1-3-7-11/h1-9,13H,10,15-16H2/t13-/m0/s1. The predicted octanol–water partition coefficient (Wildman–Crippen LogP) is 2.44. The van der Waals surface area contributed by atoms with Crippen LogP contribution in [-0.2, 0) is 0 Å². The SMILES string of the molecule is NC[C@H](N)c1ccccc1Oc1ccccc1. The summed E-state index contributed by atoms with van der Waals surface area (Å²) in [6, 6.07) is 17.1. The number of hydrogen-bond acceptors (Lipinski definition) is 3. The van der Waals surface area contributed by atoms with Crippen molar-refractivity contribution in [2.75, 3.05) is 6.54 Å². The highest BCUT2D eigenvalue weighted by Gasteiger charge is 2.10. The molecule has 0 aliphatic rings. The van der Waals surface area contributed by atoms with Crippen LogP contribution in [0.1, 0.15) is 11.6 Å². The molecule has 17 heavy (non-hydrogen) atoms. The van der Waals surface area contributed by atoms with Gasteiger partial charge in [-0.1, -0.05) is 36.4 Å². The lowest BCUT2D eigenvalue weighted by atomic mass is 10.1. The summed E-state index contributed by atoms with van der Waals surface area (Å²) in [6.07, 6.45) is 0. The molecule has 0 unspecified atom stereocenters. The Hall–Kier alpha value is -1.84. The van der Waals surface area contributed by atoms with Crippen LogP contribution < -0.4 is 16.2 Å². The van der Waals surface area contributed by atoms with E-state index in [1.807, 2.05) is 54.6 Å². The van der Waals surface area contributed by atoms with Crippen LogP contribution in [0.25, 0.3) is 0 Å². The summed E-state index contributed by atoms with van der Waals surface area (Å²) in [5, 5.41) is 0. The third kappa shape index (κ3) is 2.84. The highest BCUT2D eigenvalue weighted by Crippen LogP contribution is 2.27. The van der Waals surface area contributed by atoms with E-state index in [9.17, 15) is 0 Å². The third-order valence-electron chi connectivity index (χ3n) is 2.54. The van der Waals surface area contributed by atoms with E-state index in [1.165, 1.54) is 0 Å². The van der Waals surface area contributed by atoms with Gasteiger partial charge in [0.25, 0.3) is 0 Å². The summed E-state index contributed by atoms with van der Waals surface area (Å²) in [7, 11) is 0. The Morgan fingerprint density at radius 3 is 2.29 bits per heavy atom. The number of nitrogens with two attached hydrogens (primary N) is 2. The van der Waals surface area contributed by atoms with Crippen LogP contribution in [0.5, 0.6) is 11.5 Å². The van der Waals surface area contributed by atoms with Gasteiger partial charge in [-0.25, -0.2) is 0 Å². The fraction of sp³-hybridized carbons (Fsp3) is 0.143. The van der Waals surface area contributed by atoms with Gasteiger partial charge in [-0.3, -0.25) is 0 Å². The number of ether oxygens (including phenoxy) is 1. The Labute approximate surface area is 101 Å². The second-order valence-electron chi connectivity index (χ2n) is 3.80. The molecule has 0 amide bonds. The van der Waals surface area contributed by atoms with Gasteiger partial charge in [-0.2, -0.15) is 0 Å². The fourth-order valence-corrected chi connectivity index (χ4v) is 1.62. The maximum atomic E-state index is 5.94. The zero-order valence-electron chi connectivity index (χ0n) is 9.54. The molecule has 2 aromatic carbocycles. The number of para-hydroxylation sites is 2. The van der Waals surface area contributed by atoms with Crippen molar-refractivity contribution in [3.8, 4) is 11.5 Å². The van der Waals surface area contributed by atoms with Crippen molar-refractivity contribution in [3.05, 3.63) is 60.2 Å². The van der Waals surface area contributed by atoms with E-state index in [0.29, 0.717) is 6.54 Å². The van der Waals surface area contributed by atoms with Crippen LogP contribution in [0, 0.1) is 0 Å². The van der Waals surface area contributed by atoms with Gasteiger partial charge in [0, 0.05) is 18.2 Å². The van der Waals surface area contributed by atoms with Crippen LogP contribution in [0.15, 0.2) is 54.6 Å². The minimum absolute atomic E-state index is 0.199. The molecule has 0 fully saturated rings. The Morgan fingerprint density at radius 1 is 0.941 bits per heavy atom. The molecule has 4 N–H and O–H groups in total. The number of hydrogen-bond donors (Lipinski definition) is 2. The van der Waals surface area contributed by atoms with Crippen molar-refractivity contribution < 1.29 is 4.74 Å². The van der Waals surface area contributed by atoms with E-state index in [1.54, 1.807) is 0 Å². The average Bonchev–Trinajstić information content (AvgIpc) is 2.40. The molecule has 1 atom stereocenters. The minimum atomic E-state index is -0.199. The summed E-state index contributed by atoms with van der Waals surface area (Å²) in [6.45, 7) is 0.398. The van der Waals surface area contributed by atoms with Gasteiger partial charge in [0.1, 0.15) is 11.5 Å². The van der Waals surface area contributed by atoms with Crippen LogP contribution in [0.4, 0.5) is 0 Å². The van der Waals surface area contributed by atoms with E-state index in [2.05, 4.69) is 0 Å². The van der Waals surface area contributed by atoms with Gasteiger partial charge in [-0.15, -0.1) is 0 Å². The second-order valence-corrected chi connectivity index (χ2v) is 3.80. The maximum Gasteiger partial charge on any atom is 0.132 e. The van der Waals surface area contributed by atoms with Crippen molar-refractivity contribution in [1.82, 2.24) is 0 Å². The molecule has 0 radical (unpaired) electrons. The maximum absolute atomic E-state index is 5.94. The summed E-state index contributed by atoms with van der Waals surface area (Å²) >= 11 is 0. The zero-order chi connectivity index (χ0) is 12.1. The molecular weight excluding hydrogens is 212 g/mol. The van der Waals surface area contributed by atoms with E-state index in [-0.39, 0.29) is 6.04 Å². The summed E-state index contributed by atoms with van der Waals surface area (Å²) in [4.78, 5) is 0. The summed E-state index contributed by atoms with van der Waals surface area (Å²) in [5.41, 5.74) is 12.5. The van der Waals surface area contributed by atoms with Gasteiger partial charge in [-0.05, 0) is 18.2 Å². The quantitative estimate of drug-likeness (QED) is 0.844. The first-order valence-electron chi connectivity index (χ1n) is 5.58. The van der Waals surface area contributed by atoms with E-state index < -0.39 is 0 Å². The minimum Gasteiger partial charge on any atom is -0.457 e. The molecule has 3 heteroatoms. The summed E-state index contributed by atoms with van der Waals surface area (Å²) in [5.74, 6) is 1.56. The first kappa shape index (κ1) is 11.6. The Morgan fingerprint density at radius 2 is 1.59 bits per heavy atom. The van der Waals surface area contributed by atoms with Gasteiger partial charge >= 0.3 is 0 Å². The topological polar surface area (TPSA) is 61.3 Å². The molecule has 0 bridgehead atoms. The fourth-order valence-electron chi connectivity index (χ4n) is 1.62. The normalized spacial score (nSPS) is 12.1. The molecule has 0 saturated heterocycles. The Bertz CT molecular complexity index is 471. The molecule has 0 aliphatic heterocycles. The molecule has 88 valence electrons. The van der Waals surface area contributed by atoms with E-state index in [4.69, 9.17) is 16.2 Å². The van der Waals surface area contributed by atoms with Crippen molar-refractivity contribution in [2.45, 2.75) is 6.04 Å². The first-order valence-corrected chi connectivity index (χ1v) is 5.58. The smallest absolute Gasteiger partial charge is 0.132 e. The predicted molar refractivity (Wildman–Crippen MR) is 68.9 cm³/mol. The third-order valence-corrected chi connectivity index (χ3v) is 2.54. The van der Waals surface area contributed by atoms with Gasteiger partial charge in [0.15, 0.2) is 0 Å². The number of rotatable bonds is 4. The lowest BCUT2D eigenvalue weighted by molar-refractivity contribution is 0.470. The lowest BCUT2D eigenvalue weighted by Crippen LogP contribution is -2.21. The second kappa shape index (κ2) is 5.48. The van der Waals surface area contributed by atoms with Gasteiger partial charge in [0.05, 0.1) is 0 Å². The molecule has 0 heterocycles. The zero-order valence-corrected chi connectivity index (χ0v) is 9.54. The molecule has 0 spiro atoms.